The van der Waals surface area contributed by atoms with Gasteiger partial charge in [-0.25, -0.2) is 4.79 Å². The molecule has 30 heavy (non-hydrogen) atoms. The number of para-hydroxylation sites is 1. The summed E-state index contributed by atoms with van der Waals surface area (Å²) >= 11 is 0. The molecule has 1 aliphatic carbocycles. The molecule has 0 heterocycles. The second-order valence-electron chi connectivity index (χ2n) is 6.86. The number of carbonyl (C=O) groups is 2. The first-order valence-electron chi connectivity index (χ1n) is 9.48. The highest BCUT2D eigenvalue weighted by Crippen LogP contribution is 2.29. The molecule has 0 aliphatic heterocycles. The maximum absolute atomic E-state index is 12.6. The Kier molecular flexibility index (Phi) is 6.79. The van der Waals surface area contributed by atoms with E-state index in [2.05, 4.69) is 0 Å². The standard InChI is InChI=1S/C22H22N2O6/c1-29-19-11-6-16(7-12-19)14-23(18-9-10-18)21(25)15-30-22(26)13-8-17-4-2-3-5-20(17)24(27)28/h2-8,11-13,18H,9-10,14-15H2,1H3/b13-8+. The van der Waals surface area contributed by atoms with E-state index >= 15 is 0 Å². The summed E-state index contributed by atoms with van der Waals surface area (Å²) in [4.78, 5) is 36.8. The first-order chi connectivity index (χ1) is 14.5. The maximum Gasteiger partial charge on any atom is 0.331 e. The van der Waals surface area contributed by atoms with Crippen molar-refractivity contribution in [2.75, 3.05) is 13.7 Å². The predicted molar refractivity (Wildman–Crippen MR) is 110 cm³/mol. The fourth-order valence-electron chi connectivity index (χ4n) is 2.95. The zero-order chi connectivity index (χ0) is 21.5. The minimum atomic E-state index is -0.735. The van der Waals surface area contributed by atoms with Gasteiger partial charge in [-0.1, -0.05) is 24.3 Å². The van der Waals surface area contributed by atoms with E-state index in [9.17, 15) is 19.7 Å². The van der Waals surface area contributed by atoms with Gasteiger partial charge in [0.05, 0.1) is 17.6 Å². The van der Waals surface area contributed by atoms with E-state index in [4.69, 9.17) is 9.47 Å². The molecule has 0 atom stereocenters. The zero-order valence-electron chi connectivity index (χ0n) is 16.5. The molecule has 3 rings (SSSR count). The van der Waals surface area contributed by atoms with Gasteiger partial charge in [0.2, 0.25) is 0 Å². The van der Waals surface area contributed by atoms with Crippen molar-refractivity contribution >= 4 is 23.6 Å². The molecule has 2 aromatic rings. The van der Waals surface area contributed by atoms with Crippen molar-refractivity contribution in [3.63, 3.8) is 0 Å². The van der Waals surface area contributed by atoms with Crippen LogP contribution in [0.1, 0.15) is 24.0 Å². The number of nitrogens with zero attached hydrogens (tertiary/aromatic N) is 2. The topological polar surface area (TPSA) is 99.0 Å². The molecule has 0 unspecified atom stereocenters. The highest BCUT2D eigenvalue weighted by atomic mass is 16.6. The van der Waals surface area contributed by atoms with Gasteiger partial charge in [-0.2, -0.15) is 0 Å². The Labute approximate surface area is 173 Å². The molecular formula is C22H22N2O6. The molecule has 1 aliphatic rings. The second kappa shape index (κ2) is 9.69. The van der Waals surface area contributed by atoms with Crippen molar-refractivity contribution in [2.45, 2.75) is 25.4 Å². The minimum Gasteiger partial charge on any atom is -0.497 e. The van der Waals surface area contributed by atoms with Crippen LogP contribution in [0.25, 0.3) is 6.08 Å². The van der Waals surface area contributed by atoms with E-state index in [-0.39, 0.29) is 29.8 Å². The van der Waals surface area contributed by atoms with Crippen molar-refractivity contribution in [3.8, 4) is 5.75 Å². The number of nitro groups is 1. The number of hydrogen-bond acceptors (Lipinski definition) is 6. The molecule has 1 saturated carbocycles. The third-order valence-electron chi connectivity index (χ3n) is 4.69. The summed E-state index contributed by atoms with van der Waals surface area (Å²) in [5.74, 6) is -0.273. The SMILES string of the molecule is COc1ccc(CN(C(=O)COC(=O)/C=C/c2ccccc2[N+](=O)[O-])C2CC2)cc1. The lowest BCUT2D eigenvalue weighted by Crippen LogP contribution is -2.35. The Morgan fingerprint density at radius 3 is 2.50 bits per heavy atom. The van der Waals surface area contributed by atoms with Crippen molar-refractivity contribution in [3.05, 3.63) is 75.8 Å². The van der Waals surface area contributed by atoms with Gasteiger partial charge >= 0.3 is 5.97 Å². The van der Waals surface area contributed by atoms with Gasteiger partial charge in [-0.05, 0) is 42.7 Å². The van der Waals surface area contributed by atoms with Gasteiger partial charge in [0.15, 0.2) is 6.61 Å². The molecule has 2 aromatic carbocycles. The van der Waals surface area contributed by atoms with Crippen LogP contribution in [0.2, 0.25) is 0 Å². The summed E-state index contributed by atoms with van der Waals surface area (Å²) < 4.78 is 10.2. The number of ether oxygens (including phenoxy) is 2. The van der Waals surface area contributed by atoms with E-state index in [1.165, 1.54) is 18.2 Å². The predicted octanol–water partition coefficient (Wildman–Crippen LogP) is 3.35. The third kappa shape index (κ3) is 5.66. The molecule has 0 saturated heterocycles. The highest BCUT2D eigenvalue weighted by Gasteiger charge is 2.32. The summed E-state index contributed by atoms with van der Waals surface area (Å²) in [6, 6.07) is 13.7. The van der Waals surface area contributed by atoms with Crippen molar-refractivity contribution in [1.29, 1.82) is 0 Å². The first kappa shape index (κ1) is 21.0. The molecule has 1 amide bonds. The van der Waals surface area contributed by atoms with Gasteiger partial charge in [-0.15, -0.1) is 0 Å². The molecule has 0 spiro atoms. The highest BCUT2D eigenvalue weighted by molar-refractivity contribution is 5.90. The lowest BCUT2D eigenvalue weighted by Gasteiger charge is -2.22. The van der Waals surface area contributed by atoms with Gasteiger partial charge in [0, 0.05) is 24.7 Å². The first-order valence-corrected chi connectivity index (χ1v) is 9.48. The van der Waals surface area contributed by atoms with Crippen LogP contribution in [0.4, 0.5) is 5.69 Å². The second-order valence-corrected chi connectivity index (χ2v) is 6.86. The quantitative estimate of drug-likeness (QED) is 0.272. The molecule has 8 heteroatoms. The lowest BCUT2D eigenvalue weighted by molar-refractivity contribution is -0.385. The minimum absolute atomic E-state index is 0.114. The number of carbonyl (C=O) groups excluding carboxylic acids is 2. The zero-order valence-corrected chi connectivity index (χ0v) is 16.5. The van der Waals surface area contributed by atoms with Crippen LogP contribution in [0, 0.1) is 10.1 Å². The van der Waals surface area contributed by atoms with E-state index in [1.54, 1.807) is 24.1 Å². The Morgan fingerprint density at radius 1 is 1.17 bits per heavy atom. The summed E-state index contributed by atoms with van der Waals surface area (Å²) in [5, 5.41) is 11.0. The average molecular weight is 410 g/mol. The molecule has 0 N–H and O–H groups in total. The Morgan fingerprint density at radius 2 is 1.87 bits per heavy atom. The van der Waals surface area contributed by atoms with Crippen LogP contribution in [-0.2, 0) is 20.9 Å². The molecule has 8 nitrogen and oxygen atoms in total. The summed E-state index contributed by atoms with van der Waals surface area (Å²) in [7, 11) is 1.59. The average Bonchev–Trinajstić information content (AvgIpc) is 3.60. The molecule has 0 bridgehead atoms. The fourth-order valence-corrected chi connectivity index (χ4v) is 2.95. The third-order valence-corrected chi connectivity index (χ3v) is 4.69. The Hall–Kier alpha value is -3.68. The monoisotopic (exact) mass is 410 g/mol. The molecular weight excluding hydrogens is 388 g/mol. The summed E-state index contributed by atoms with van der Waals surface area (Å²) in [6.45, 7) is 0.0454. The molecule has 1 fully saturated rings. The van der Waals surface area contributed by atoms with E-state index in [0.29, 0.717) is 6.54 Å². The number of nitro benzene ring substituents is 1. The van der Waals surface area contributed by atoms with Crippen molar-refractivity contribution < 1.29 is 24.0 Å². The van der Waals surface area contributed by atoms with Crippen molar-refractivity contribution in [1.82, 2.24) is 4.90 Å². The lowest BCUT2D eigenvalue weighted by atomic mass is 10.1. The number of rotatable bonds is 9. The fraction of sp³-hybridized carbons (Fsp3) is 0.273. The Bertz CT molecular complexity index is 950. The summed E-state index contributed by atoms with van der Waals surface area (Å²) in [5.41, 5.74) is 1.13. The van der Waals surface area contributed by atoms with Crippen molar-refractivity contribution in [2.24, 2.45) is 0 Å². The van der Waals surface area contributed by atoms with Gasteiger partial charge < -0.3 is 14.4 Å². The van der Waals surface area contributed by atoms with Gasteiger partial charge in [0.25, 0.3) is 11.6 Å². The van der Waals surface area contributed by atoms with Gasteiger partial charge in [0.1, 0.15) is 5.75 Å². The van der Waals surface area contributed by atoms with Crippen LogP contribution in [0.5, 0.6) is 5.75 Å². The largest absolute Gasteiger partial charge is 0.497 e. The number of esters is 1. The van der Waals surface area contributed by atoms with E-state index in [1.807, 2.05) is 24.3 Å². The number of amides is 1. The van der Waals surface area contributed by atoms with Crippen LogP contribution < -0.4 is 4.74 Å². The van der Waals surface area contributed by atoms with E-state index in [0.717, 1.165) is 30.2 Å². The molecule has 0 radical (unpaired) electrons. The molecule has 0 aromatic heterocycles. The van der Waals surface area contributed by atoms with E-state index < -0.39 is 10.9 Å². The smallest absolute Gasteiger partial charge is 0.331 e. The number of hydrogen-bond donors (Lipinski definition) is 0. The number of methoxy groups -OCH3 is 1. The normalized spacial score (nSPS) is 13.1. The number of benzene rings is 2. The summed E-state index contributed by atoms with van der Waals surface area (Å²) in [6.07, 6.45) is 4.24. The van der Waals surface area contributed by atoms with Crippen LogP contribution in [-0.4, -0.2) is 41.5 Å². The van der Waals surface area contributed by atoms with Crippen LogP contribution >= 0.6 is 0 Å². The maximum atomic E-state index is 12.6. The van der Waals surface area contributed by atoms with Crippen LogP contribution in [0.3, 0.4) is 0 Å². The Balaban J connectivity index is 1.56. The molecule has 156 valence electrons. The van der Waals surface area contributed by atoms with Crippen LogP contribution in [0.15, 0.2) is 54.6 Å². The van der Waals surface area contributed by atoms with Gasteiger partial charge in [-0.3, -0.25) is 14.9 Å².